The van der Waals surface area contributed by atoms with Crippen molar-refractivity contribution in [1.82, 2.24) is 20.0 Å². The van der Waals surface area contributed by atoms with Crippen LogP contribution in [0.3, 0.4) is 0 Å². The van der Waals surface area contributed by atoms with Gasteiger partial charge >= 0.3 is 6.18 Å². The zero-order valence-corrected chi connectivity index (χ0v) is 18.2. The molecule has 0 unspecified atom stereocenters. The number of rotatable bonds is 4. The average Bonchev–Trinajstić information content (AvgIpc) is 3.34. The van der Waals surface area contributed by atoms with E-state index in [9.17, 15) is 18.0 Å². The predicted octanol–water partition coefficient (Wildman–Crippen LogP) is 4.57. The van der Waals surface area contributed by atoms with Crippen LogP contribution in [0.1, 0.15) is 34.0 Å². The second kappa shape index (κ2) is 8.63. The number of alkyl halides is 3. The maximum Gasteiger partial charge on any atom is 0.416 e. The molecule has 1 N–H and O–H groups in total. The molecule has 0 saturated carbocycles. The minimum absolute atomic E-state index is 0.113. The van der Waals surface area contributed by atoms with E-state index in [4.69, 9.17) is 16.0 Å². The van der Waals surface area contributed by atoms with Crippen molar-refractivity contribution in [2.75, 3.05) is 20.1 Å². The molecule has 0 bridgehead atoms. The minimum atomic E-state index is -4.38. The number of likely N-dealkylation sites (N-methyl/N-ethyl adjacent to an activating group) is 1. The summed E-state index contributed by atoms with van der Waals surface area (Å²) < 4.78 is 45.8. The Kier molecular flexibility index (Phi) is 6.05. The number of furan rings is 1. The van der Waals surface area contributed by atoms with Crippen molar-refractivity contribution in [3.05, 3.63) is 64.7 Å². The molecule has 3 aromatic rings. The van der Waals surface area contributed by atoms with Crippen LogP contribution >= 0.6 is 11.6 Å². The molecule has 0 spiro atoms. The topological polar surface area (TPSA) is 63.3 Å². The van der Waals surface area contributed by atoms with Gasteiger partial charge in [-0.15, -0.1) is 0 Å². The van der Waals surface area contributed by atoms with E-state index in [1.165, 1.54) is 24.6 Å². The Morgan fingerprint density at radius 1 is 1.25 bits per heavy atom. The van der Waals surface area contributed by atoms with Gasteiger partial charge in [0.25, 0.3) is 5.91 Å². The lowest BCUT2D eigenvalue weighted by molar-refractivity contribution is -0.137. The van der Waals surface area contributed by atoms with Gasteiger partial charge in [-0.1, -0.05) is 23.7 Å². The third-order valence-corrected chi connectivity index (χ3v) is 6.07. The normalized spacial score (nSPS) is 19.8. The highest BCUT2D eigenvalue weighted by atomic mass is 35.5. The summed E-state index contributed by atoms with van der Waals surface area (Å²) in [7, 11) is 3.68. The molecular formula is C22H22ClF3N4O2. The molecule has 0 radical (unpaired) electrons. The van der Waals surface area contributed by atoms with Crippen LogP contribution in [0.5, 0.6) is 0 Å². The monoisotopic (exact) mass is 466 g/mol. The number of nitrogens with one attached hydrogen (secondary N) is 1. The summed E-state index contributed by atoms with van der Waals surface area (Å²) in [6.45, 7) is 1.35. The van der Waals surface area contributed by atoms with Gasteiger partial charge in [-0.05, 0) is 43.8 Å². The predicted molar refractivity (Wildman–Crippen MR) is 113 cm³/mol. The molecule has 0 aliphatic carbocycles. The fourth-order valence-electron chi connectivity index (χ4n) is 4.13. The molecule has 1 amide bonds. The van der Waals surface area contributed by atoms with E-state index >= 15 is 0 Å². The number of carbonyl (C=O) groups is 1. The third-order valence-electron chi connectivity index (χ3n) is 5.79. The van der Waals surface area contributed by atoms with E-state index in [2.05, 4.69) is 15.3 Å². The zero-order valence-electron chi connectivity index (χ0n) is 17.5. The van der Waals surface area contributed by atoms with Gasteiger partial charge in [-0.2, -0.15) is 18.3 Å². The van der Waals surface area contributed by atoms with Gasteiger partial charge in [-0.25, -0.2) is 0 Å². The molecule has 2 aromatic heterocycles. The smallest absolute Gasteiger partial charge is 0.416 e. The fraction of sp³-hybridized carbons (Fsp3) is 0.364. The molecule has 1 aliphatic rings. The summed E-state index contributed by atoms with van der Waals surface area (Å²) in [6.07, 6.45) is -0.720. The lowest BCUT2D eigenvalue weighted by atomic mass is 9.85. The van der Waals surface area contributed by atoms with Crippen molar-refractivity contribution in [3.8, 4) is 11.3 Å². The van der Waals surface area contributed by atoms with E-state index in [1.807, 2.05) is 7.05 Å². The second-order valence-corrected chi connectivity index (χ2v) is 8.43. The van der Waals surface area contributed by atoms with Gasteiger partial charge < -0.3 is 14.6 Å². The van der Waals surface area contributed by atoms with Crippen LogP contribution in [0.4, 0.5) is 13.2 Å². The minimum Gasteiger partial charge on any atom is -0.458 e. The number of hydrogen-bond donors (Lipinski definition) is 1. The van der Waals surface area contributed by atoms with Crippen molar-refractivity contribution in [1.29, 1.82) is 0 Å². The molecular weight excluding hydrogens is 445 g/mol. The summed E-state index contributed by atoms with van der Waals surface area (Å²) in [5, 5.41) is 7.52. The van der Waals surface area contributed by atoms with E-state index in [0.717, 1.165) is 24.2 Å². The van der Waals surface area contributed by atoms with Gasteiger partial charge in [0, 0.05) is 31.1 Å². The van der Waals surface area contributed by atoms with Gasteiger partial charge in [-0.3, -0.25) is 9.48 Å². The largest absolute Gasteiger partial charge is 0.458 e. The summed E-state index contributed by atoms with van der Waals surface area (Å²) in [6, 6.07) is 6.47. The lowest BCUT2D eigenvalue weighted by Crippen LogP contribution is -2.50. The Balaban J connectivity index is 1.53. The molecule has 1 aromatic carbocycles. The van der Waals surface area contributed by atoms with Crippen LogP contribution in [0.15, 0.2) is 47.2 Å². The van der Waals surface area contributed by atoms with Gasteiger partial charge in [0.1, 0.15) is 6.26 Å². The second-order valence-electron chi connectivity index (χ2n) is 8.02. The molecule has 6 nitrogen and oxygen atoms in total. The highest BCUT2D eigenvalue weighted by Gasteiger charge is 2.33. The van der Waals surface area contributed by atoms with E-state index in [-0.39, 0.29) is 17.7 Å². The van der Waals surface area contributed by atoms with Crippen LogP contribution in [0.2, 0.25) is 5.02 Å². The number of amides is 1. The van der Waals surface area contributed by atoms with Gasteiger partial charge in [0.05, 0.1) is 22.5 Å². The van der Waals surface area contributed by atoms with E-state index in [0.29, 0.717) is 29.2 Å². The zero-order chi connectivity index (χ0) is 23.0. The van der Waals surface area contributed by atoms with Gasteiger partial charge in [0.15, 0.2) is 5.76 Å². The lowest BCUT2D eigenvalue weighted by Gasteiger charge is -2.37. The number of halogens is 4. The number of likely N-dealkylation sites (tertiary alicyclic amines) is 1. The number of benzene rings is 1. The molecule has 1 aliphatic heterocycles. The van der Waals surface area contributed by atoms with Crippen molar-refractivity contribution >= 4 is 17.5 Å². The first-order valence-electron chi connectivity index (χ1n) is 10.1. The molecule has 10 heteroatoms. The molecule has 1 saturated heterocycles. The van der Waals surface area contributed by atoms with Crippen LogP contribution in [-0.2, 0) is 13.2 Å². The Hall–Kier alpha value is -2.78. The fourth-order valence-corrected chi connectivity index (χ4v) is 4.41. The summed E-state index contributed by atoms with van der Waals surface area (Å²) in [5.41, 5.74) is 1.33. The summed E-state index contributed by atoms with van der Waals surface area (Å²) in [5.74, 6) is -0.387. The summed E-state index contributed by atoms with van der Waals surface area (Å²) >= 11 is 6.16. The Labute approximate surface area is 187 Å². The van der Waals surface area contributed by atoms with E-state index < -0.39 is 17.6 Å². The first-order valence-corrected chi connectivity index (χ1v) is 10.4. The maximum absolute atomic E-state index is 12.9. The van der Waals surface area contributed by atoms with Crippen molar-refractivity contribution in [3.63, 3.8) is 0 Å². The van der Waals surface area contributed by atoms with Crippen molar-refractivity contribution < 1.29 is 22.4 Å². The maximum atomic E-state index is 12.9. The van der Waals surface area contributed by atoms with Crippen LogP contribution in [0, 0.1) is 0 Å². The molecule has 170 valence electrons. The molecule has 32 heavy (non-hydrogen) atoms. The molecule has 4 rings (SSSR count). The average molecular weight is 467 g/mol. The Morgan fingerprint density at radius 2 is 1.97 bits per heavy atom. The quantitative estimate of drug-likeness (QED) is 0.612. The number of piperidine rings is 1. The number of nitrogens with zero attached hydrogens (tertiary/aromatic N) is 3. The number of hydrogen-bond acceptors (Lipinski definition) is 4. The number of carbonyl (C=O) groups excluding carboxylic acids is 1. The Morgan fingerprint density at radius 3 is 2.59 bits per heavy atom. The SMILES string of the molecule is CN1CC[C@H](c2ccc(C(F)(F)F)cc2)[C@@H](NC(=O)c2cc(-c3c(Cl)cnn3C)co2)C1. The van der Waals surface area contributed by atoms with Crippen LogP contribution in [-0.4, -0.2) is 46.8 Å². The number of aromatic nitrogens is 2. The van der Waals surface area contributed by atoms with Gasteiger partial charge in [0.2, 0.25) is 0 Å². The summed E-state index contributed by atoms with van der Waals surface area (Å²) in [4.78, 5) is 15.0. The first kappa shape index (κ1) is 22.4. The highest BCUT2D eigenvalue weighted by Crippen LogP contribution is 2.33. The number of aryl methyl sites for hydroxylation is 1. The molecule has 3 heterocycles. The standard InChI is InChI=1S/C22H22ClF3N4O2/c1-29-8-7-16(13-3-5-15(6-4-13)22(24,25)26)18(11-29)28-21(31)19-9-14(12-32-19)20-17(23)10-27-30(20)2/h3-6,9-10,12,16,18H,7-8,11H2,1-2H3,(H,28,31)/t16-,18+/m1/s1. The first-order chi connectivity index (χ1) is 15.1. The highest BCUT2D eigenvalue weighted by molar-refractivity contribution is 6.33. The van der Waals surface area contributed by atoms with Crippen molar-refractivity contribution in [2.24, 2.45) is 7.05 Å². The van der Waals surface area contributed by atoms with E-state index in [1.54, 1.807) is 17.8 Å². The van der Waals surface area contributed by atoms with Crippen LogP contribution < -0.4 is 5.32 Å². The molecule has 2 atom stereocenters. The van der Waals surface area contributed by atoms with Crippen molar-refractivity contribution in [2.45, 2.75) is 24.6 Å². The Bertz CT molecular complexity index is 1090. The third kappa shape index (κ3) is 4.54. The van der Waals surface area contributed by atoms with Crippen LogP contribution in [0.25, 0.3) is 11.3 Å². The molecule has 1 fully saturated rings.